The summed E-state index contributed by atoms with van der Waals surface area (Å²) < 4.78 is 2.06. The molecular formula is C15H13N3O2. The number of imidazole rings is 1. The van der Waals surface area contributed by atoms with Gasteiger partial charge in [0.1, 0.15) is 5.82 Å². The van der Waals surface area contributed by atoms with E-state index in [9.17, 15) is 10.1 Å². The van der Waals surface area contributed by atoms with Crippen LogP contribution in [0.1, 0.15) is 11.4 Å². The third-order valence-corrected chi connectivity index (χ3v) is 3.31. The third-order valence-electron chi connectivity index (χ3n) is 3.31. The van der Waals surface area contributed by atoms with E-state index in [1.54, 1.807) is 12.1 Å². The number of hydrogen-bond acceptors (Lipinski definition) is 3. The van der Waals surface area contributed by atoms with Crippen LogP contribution in [0.4, 0.5) is 5.69 Å². The molecule has 100 valence electrons. The maximum absolute atomic E-state index is 10.8. The molecule has 2 aromatic carbocycles. The molecule has 0 aliphatic carbocycles. The summed E-state index contributed by atoms with van der Waals surface area (Å²) in [7, 11) is 0. The lowest BCUT2D eigenvalue weighted by molar-refractivity contribution is -0.384. The Kier molecular flexibility index (Phi) is 2.95. The molecule has 0 bridgehead atoms. The molecule has 0 N–H and O–H groups in total. The molecule has 0 amide bonds. The van der Waals surface area contributed by atoms with Gasteiger partial charge >= 0.3 is 0 Å². The minimum Gasteiger partial charge on any atom is -0.324 e. The first-order chi connectivity index (χ1) is 9.65. The topological polar surface area (TPSA) is 61.0 Å². The van der Waals surface area contributed by atoms with Gasteiger partial charge in [-0.2, -0.15) is 0 Å². The van der Waals surface area contributed by atoms with E-state index in [1.807, 2.05) is 37.3 Å². The van der Waals surface area contributed by atoms with Gasteiger partial charge in [-0.25, -0.2) is 4.98 Å². The van der Waals surface area contributed by atoms with E-state index in [1.165, 1.54) is 6.07 Å². The lowest BCUT2D eigenvalue weighted by Gasteiger charge is -2.07. The highest BCUT2D eigenvalue weighted by atomic mass is 16.6. The van der Waals surface area contributed by atoms with Crippen LogP contribution in [-0.2, 0) is 6.54 Å². The normalized spacial score (nSPS) is 10.8. The Bertz CT molecular complexity index is 793. The van der Waals surface area contributed by atoms with Crippen LogP contribution >= 0.6 is 0 Å². The summed E-state index contributed by atoms with van der Waals surface area (Å²) in [4.78, 5) is 14.9. The average Bonchev–Trinajstić information content (AvgIpc) is 2.76. The van der Waals surface area contributed by atoms with Crippen molar-refractivity contribution in [1.82, 2.24) is 9.55 Å². The van der Waals surface area contributed by atoms with Crippen molar-refractivity contribution in [2.24, 2.45) is 0 Å². The number of nitro benzene ring substituents is 1. The van der Waals surface area contributed by atoms with Crippen LogP contribution in [0.15, 0.2) is 48.5 Å². The fourth-order valence-electron chi connectivity index (χ4n) is 2.35. The quantitative estimate of drug-likeness (QED) is 0.540. The first kappa shape index (κ1) is 12.3. The van der Waals surface area contributed by atoms with Crippen LogP contribution in [0.2, 0.25) is 0 Å². The second kappa shape index (κ2) is 4.77. The first-order valence-corrected chi connectivity index (χ1v) is 6.30. The maximum atomic E-state index is 10.8. The van der Waals surface area contributed by atoms with Gasteiger partial charge in [-0.15, -0.1) is 0 Å². The fraction of sp³-hybridized carbons (Fsp3) is 0.133. The highest BCUT2D eigenvalue weighted by Crippen LogP contribution is 2.19. The maximum Gasteiger partial charge on any atom is 0.269 e. The molecule has 1 heterocycles. The minimum atomic E-state index is -0.373. The lowest BCUT2D eigenvalue weighted by Crippen LogP contribution is -2.02. The summed E-state index contributed by atoms with van der Waals surface area (Å²) in [5.41, 5.74) is 2.99. The monoisotopic (exact) mass is 267 g/mol. The van der Waals surface area contributed by atoms with E-state index >= 15 is 0 Å². The summed E-state index contributed by atoms with van der Waals surface area (Å²) in [6, 6.07) is 14.6. The van der Waals surface area contributed by atoms with Gasteiger partial charge in [0, 0.05) is 18.7 Å². The summed E-state index contributed by atoms with van der Waals surface area (Å²) in [5, 5.41) is 10.8. The molecule has 5 heteroatoms. The molecule has 5 nitrogen and oxygen atoms in total. The van der Waals surface area contributed by atoms with Crippen LogP contribution in [0.25, 0.3) is 11.0 Å². The molecule has 0 fully saturated rings. The molecule has 0 aliphatic heterocycles. The van der Waals surface area contributed by atoms with E-state index < -0.39 is 0 Å². The van der Waals surface area contributed by atoms with Crippen molar-refractivity contribution >= 4 is 16.7 Å². The summed E-state index contributed by atoms with van der Waals surface area (Å²) in [6.45, 7) is 2.52. The molecule has 0 saturated heterocycles. The number of para-hydroxylation sites is 2. The predicted molar refractivity (Wildman–Crippen MR) is 76.7 cm³/mol. The second-order valence-corrected chi connectivity index (χ2v) is 4.66. The number of fused-ring (bicyclic) bond motifs is 1. The molecule has 0 spiro atoms. The van der Waals surface area contributed by atoms with Crippen molar-refractivity contribution in [2.45, 2.75) is 13.5 Å². The van der Waals surface area contributed by atoms with Crippen molar-refractivity contribution in [3.63, 3.8) is 0 Å². The average molecular weight is 267 g/mol. The zero-order chi connectivity index (χ0) is 14.1. The fourth-order valence-corrected chi connectivity index (χ4v) is 2.35. The molecule has 0 radical (unpaired) electrons. The number of nitro groups is 1. The lowest BCUT2D eigenvalue weighted by atomic mass is 10.2. The van der Waals surface area contributed by atoms with E-state index in [-0.39, 0.29) is 10.6 Å². The van der Waals surface area contributed by atoms with Gasteiger partial charge in [0.25, 0.3) is 5.69 Å². The molecule has 1 aromatic heterocycles. The number of aromatic nitrogens is 2. The van der Waals surface area contributed by atoms with E-state index in [2.05, 4.69) is 9.55 Å². The third kappa shape index (κ3) is 2.14. The zero-order valence-electron chi connectivity index (χ0n) is 11.0. The van der Waals surface area contributed by atoms with Crippen molar-refractivity contribution in [3.8, 4) is 0 Å². The highest BCUT2D eigenvalue weighted by molar-refractivity contribution is 5.75. The Morgan fingerprint density at radius 2 is 2.00 bits per heavy atom. The van der Waals surface area contributed by atoms with Gasteiger partial charge in [-0.1, -0.05) is 24.3 Å². The zero-order valence-corrected chi connectivity index (χ0v) is 11.0. The Balaban J connectivity index is 2.03. The number of nitrogens with zero attached hydrogens (tertiary/aromatic N) is 3. The predicted octanol–water partition coefficient (Wildman–Crippen LogP) is 3.30. The van der Waals surface area contributed by atoms with E-state index in [4.69, 9.17) is 0 Å². The number of hydrogen-bond donors (Lipinski definition) is 0. The van der Waals surface area contributed by atoms with Gasteiger partial charge in [0.2, 0.25) is 0 Å². The second-order valence-electron chi connectivity index (χ2n) is 4.66. The SMILES string of the molecule is Cc1nc2ccccc2n1Cc1cccc([N+](=O)[O-])c1. The van der Waals surface area contributed by atoms with Crippen LogP contribution in [0.3, 0.4) is 0 Å². The van der Waals surface area contributed by atoms with Gasteiger partial charge in [0.05, 0.1) is 16.0 Å². The highest BCUT2D eigenvalue weighted by Gasteiger charge is 2.10. The Morgan fingerprint density at radius 3 is 2.80 bits per heavy atom. The Labute approximate surface area is 115 Å². The number of rotatable bonds is 3. The molecule has 0 aliphatic rings. The minimum absolute atomic E-state index is 0.115. The van der Waals surface area contributed by atoms with Gasteiger partial charge in [-0.3, -0.25) is 10.1 Å². The molecule has 0 saturated carbocycles. The van der Waals surface area contributed by atoms with Crippen LogP contribution in [0.5, 0.6) is 0 Å². The summed E-state index contributed by atoms with van der Waals surface area (Å²) >= 11 is 0. The Morgan fingerprint density at radius 1 is 1.20 bits per heavy atom. The largest absolute Gasteiger partial charge is 0.324 e. The smallest absolute Gasteiger partial charge is 0.269 e. The van der Waals surface area contributed by atoms with Crippen molar-refractivity contribution in [1.29, 1.82) is 0 Å². The van der Waals surface area contributed by atoms with Gasteiger partial charge in [-0.05, 0) is 24.6 Å². The van der Waals surface area contributed by atoms with Crippen molar-refractivity contribution in [3.05, 3.63) is 70.0 Å². The van der Waals surface area contributed by atoms with Crippen LogP contribution in [-0.4, -0.2) is 14.5 Å². The molecule has 3 aromatic rings. The first-order valence-electron chi connectivity index (χ1n) is 6.30. The molecule has 20 heavy (non-hydrogen) atoms. The molecule has 0 atom stereocenters. The summed E-state index contributed by atoms with van der Waals surface area (Å²) in [5.74, 6) is 0.901. The van der Waals surface area contributed by atoms with Crippen LogP contribution < -0.4 is 0 Å². The molecule has 0 unspecified atom stereocenters. The van der Waals surface area contributed by atoms with Gasteiger partial charge < -0.3 is 4.57 Å². The van der Waals surface area contributed by atoms with Crippen LogP contribution in [0, 0.1) is 17.0 Å². The summed E-state index contributed by atoms with van der Waals surface area (Å²) in [6.07, 6.45) is 0. The number of aryl methyl sites for hydroxylation is 1. The van der Waals surface area contributed by atoms with Crippen molar-refractivity contribution < 1.29 is 4.92 Å². The van der Waals surface area contributed by atoms with Crippen molar-refractivity contribution in [2.75, 3.05) is 0 Å². The molecule has 3 rings (SSSR count). The van der Waals surface area contributed by atoms with E-state index in [0.717, 1.165) is 22.4 Å². The number of non-ortho nitro benzene ring substituents is 1. The standard InChI is InChI=1S/C15H13N3O2/c1-11-16-14-7-2-3-8-15(14)17(11)10-12-5-4-6-13(9-12)18(19)20/h2-9H,10H2,1H3. The van der Waals surface area contributed by atoms with Gasteiger partial charge in [0.15, 0.2) is 0 Å². The molecular weight excluding hydrogens is 254 g/mol. The van der Waals surface area contributed by atoms with E-state index in [0.29, 0.717) is 6.54 Å². The number of benzene rings is 2. The Hall–Kier alpha value is -2.69.